The SMILES string of the molecule is CNC(C)Cc1noc(-c2cc(-c3ccccn3)no2)n1. The normalized spacial score (nSPS) is 12.5. The predicted molar refractivity (Wildman–Crippen MR) is 75.3 cm³/mol. The van der Waals surface area contributed by atoms with Crippen LogP contribution in [0, 0.1) is 0 Å². The number of pyridine rings is 1. The van der Waals surface area contributed by atoms with E-state index in [9.17, 15) is 0 Å². The Bertz CT molecular complexity index is 707. The first-order valence-corrected chi connectivity index (χ1v) is 6.64. The highest BCUT2D eigenvalue weighted by Crippen LogP contribution is 2.23. The van der Waals surface area contributed by atoms with Crippen molar-refractivity contribution in [3.63, 3.8) is 0 Å². The van der Waals surface area contributed by atoms with Crippen LogP contribution in [0.1, 0.15) is 12.7 Å². The molecule has 1 unspecified atom stereocenters. The van der Waals surface area contributed by atoms with E-state index >= 15 is 0 Å². The molecule has 3 heterocycles. The summed E-state index contributed by atoms with van der Waals surface area (Å²) in [7, 11) is 1.89. The van der Waals surface area contributed by atoms with Gasteiger partial charge in [0.05, 0.1) is 5.69 Å². The highest BCUT2D eigenvalue weighted by molar-refractivity contribution is 5.59. The van der Waals surface area contributed by atoms with Crippen molar-refractivity contribution in [2.24, 2.45) is 0 Å². The first-order chi connectivity index (χ1) is 10.3. The van der Waals surface area contributed by atoms with Gasteiger partial charge in [0.25, 0.3) is 5.89 Å². The smallest absolute Gasteiger partial charge is 0.296 e. The molecule has 0 spiro atoms. The van der Waals surface area contributed by atoms with Crippen LogP contribution in [0.5, 0.6) is 0 Å². The zero-order valence-electron chi connectivity index (χ0n) is 11.8. The summed E-state index contributed by atoms with van der Waals surface area (Å²) in [6.07, 6.45) is 2.38. The van der Waals surface area contributed by atoms with Crippen LogP contribution in [0.25, 0.3) is 23.0 Å². The van der Waals surface area contributed by atoms with Crippen LogP contribution in [0.2, 0.25) is 0 Å². The van der Waals surface area contributed by atoms with Crippen LogP contribution in [0.4, 0.5) is 0 Å². The fourth-order valence-corrected chi connectivity index (χ4v) is 1.82. The molecular formula is C14H15N5O2. The van der Waals surface area contributed by atoms with Crippen molar-refractivity contribution in [2.75, 3.05) is 7.05 Å². The Morgan fingerprint density at radius 1 is 1.19 bits per heavy atom. The first-order valence-electron chi connectivity index (χ1n) is 6.64. The van der Waals surface area contributed by atoms with Gasteiger partial charge in [-0.3, -0.25) is 4.98 Å². The van der Waals surface area contributed by atoms with Crippen molar-refractivity contribution in [1.29, 1.82) is 0 Å². The summed E-state index contributed by atoms with van der Waals surface area (Å²) in [5, 5.41) is 11.0. The van der Waals surface area contributed by atoms with Crippen LogP contribution in [-0.2, 0) is 6.42 Å². The average molecular weight is 285 g/mol. The van der Waals surface area contributed by atoms with E-state index < -0.39 is 0 Å². The van der Waals surface area contributed by atoms with Gasteiger partial charge >= 0.3 is 0 Å². The molecular weight excluding hydrogens is 270 g/mol. The third kappa shape index (κ3) is 2.97. The van der Waals surface area contributed by atoms with E-state index in [-0.39, 0.29) is 6.04 Å². The molecule has 0 aliphatic heterocycles. The number of nitrogens with one attached hydrogen (secondary N) is 1. The van der Waals surface area contributed by atoms with E-state index in [1.807, 2.05) is 32.2 Å². The van der Waals surface area contributed by atoms with E-state index in [4.69, 9.17) is 9.05 Å². The van der Waals surface area contributed by atoms with Gasteiger partial charge in [-0.1, -0.05) is 16.4 Å². The minimum absolute atomic E-state index is 0.272. The van der Waals surface area contributed by atoms with Crippen LogP contribution in [0.15, 0.2) is 39.5 Å². The van der Waals surface area contributed by atoms with Gasteiger partial charge in [0.2, 0.25) is 5.76 Å². The first kappa shape index (κ1) is 13.4. The topological polar surface area (TPSA) is 89.9 Å². The van der Waals surface area contributed by atoms with Crippen molar-refractivity contribution in [1.82, 2.24) is 25.6 Å². The Labute approximate surface area is 121 Å². The lowest BCUT2D eigenvalue weighted by Gasteiger charge is -2.04. The van der Waals surface area contributed by atoms with Gasteiger partial charge in [-0.05, 0) is 26.1 Å². The monoisotopic (exact) mass is 285 g/mol. The number of hydrogen-bond acceptors (Lipinski definition) is 7. The van der Waals surface area contributed by atoms with E-state index in [1.54, 1.807) is 12.3 Å². The summed E-state index contributed by atoms with van der Waals surface area (Å²) in [6, 6.07) is 7.60. The Morgan fingerprint density at radius 3 is 2.86 bits per heavy atom. The Morgan fingerprint density at radius 2 is 2.10 bits per heavy atom. The third-order valence-electron chi connectivity index (χ3n) is 3.10. The molecule has 21 heavy (non-hydrogen) atoms. The Hall–Kier alpha value is -2.54. The van der Waals surface area contributed by atoms with Gasteiger partial charge in [0.15, 0.2) is 5.82 Å². The van der Waals surface area contributed by atoms with Crippen molar-refractivity contribution in [3.8, 4) is 23.0 Å². The van der Waals surface area contributed by atoms with Gasteiger partial charge in [-0.2, -0.15) is 4.98 Å². The molecule has 0 saturated carbocycles. The van der Waals surface area contributed by atoms with Crippen molar-refractivity contribution in [3.05, 3.63) is 36.3 Å². The molecule has 1 N–H and O–H groups in total. The second kappa shape index (κ2) is 5.84. The van der Waals surface area contributed by atoms with Crippen molar-refractivity contribution in [2.45, 2.75) is 19.4 Å². The maximum absolute atomic E-state index is 5.25. The molecule has 0 aliphatic rings. The van der Waals surface area contributed by atoms with Crippen LogP contribution >= 0.6 is 0 Å². The third-order valence-corrected chi connectivity index (χ3v) is 3.10. The summed E-state index contributed by atoms with van der Waals surface area (Å²) >= 11 is 0. The molecule has 0 aromatic carbocycles. The Balaban J connectivity index is 1.80. The molecule has 7 heteroatoms. The van der Waals surface area contributed by atoms with E-state index in [1.165, 1.54) is 0 Å². The quantitative estimate of drug-likeness (QED) is 0.766. The lowest BCUT2D eigenvalue weighted by atomic mass is 10.2. The number of hydrogen-bond donors (Lipinski definition) is 1. The summed E-state index contributed by atoms with van der Waals surface area (Å²) in [6.45, 7) is 2.05. The van der Waals surface area contributed by atoms with Gasteiger partial charge in [0, 0.05) is 24.7 Å². The second-order valence-electron chi connectivity index (χ2n) is 4.70. The summed E-state index contributed by atoms with van der Waals surface area (Å²) in [4.78, 5) is 8.52. The number of aromatic nitrogens is 4. The summed E-state index contributed by atoms with van der Waals surface area (Å²) in [5.41, 5.74) is 1.37. The van der Waals surface area contributed by atoms with Crippen molar-refractivity contribution < 1.29 is 9.05 Å². The average Bonchev–Trinajstić information content (AvgIpc) is 3.17. The fraction of sp³-hybridized carbons (Fsp3) is 0.286. The predicted octanol–water partition coefficient (Wildman–Crippen LogP) is 1.94. The molecule has 3 aromatic rings. The molecule has 108 valence electrons. The van der Waals surface area contributed by atoms with E-state index in [0.717, 1.165) is 5.69 Å². The minimum Gasteiger partial charge on any atom is -0.350 e. The lowest BCUT2D eigenvalue weighted by Crippen LogP contribution is -2.24. The molecule has 0 aliphatic carbocycles. The molecule has 0 saturated heterocycles. The Kier molecular flexibility index (Phi) is 3.74. The minimum atomic E-state index is 0.272. The molecule has 0 amide bonds. The highest BCUT2D eigenvalue weighted by Gasteiger charge is 2.16. The van der Waals surface area contributed by atoms with Crippen molar-refractivity contribution >= 4 is 0 Å². The lowest BCUT2D eigenvalue weighted by molar-refractivity contribution is 0.381. The van der Waals surface area contributed by atoms with Crippen LogP contribution < -0.4 is 5.32 Å². The molecule has 3 aromatic heterocycles. The highest BCUT2D eigenvalue weighted by atomic mass is 16.5. The van der Waals surface area contributed by atoms with E-state index in [2.05, 4.69) is 25.6 Å². The van der Waals surface area contributed by atoms with Crippen LogP contribution in [-0.4, -0.2) is 33.4 Å². The van der Waals surface area contributed by atoms with E-state index in [0.29, 0.717) is 29.6 Å². The molecule has 1 atom stereocenters. The number of rotatable bonds is 5. The maximum Gasteiger partial charge on any atom is 0.296 e. The summed E-state index contributed by atoms with van der Waals surface area (Å²) in [5.74, 6) is 1.39. The summed E-state index contributed by atoms with van der Waals surface area (Å²) < 4.78 is 10.5. The van der Waals surface area contributed by atoms with Crippen LogP contribution in [0.3, 0.4) is 0 Å². The standard InChI is InChI=1S/C14H15N5O2/c1-9(15-2)7-13-17-14(21-19-13)12-8-11(18-20-12)10-5-3-4-6-16-10/h3-6,8-9,15H,7H2,1-2H3. The largest absolute Gasteiger partial charge is 0.350 e. The molecule has 0 bridgehead atoms. The van der Waals surface area contributed by atoms with Gasteiger partial charge in [-0.15, -0.1) is 0 Å². The maximum atomic E-state index is 5.25. The molecule has 3 rings (SSSR count). The molecule has 0 radical (unpaired) electrons. The zero-order chi connectivity index (χ0) is 14.7. The van der Waals surface area contributed by atoms with Gasteiger partial charge in [-0.25, -0.2) is 0 Å². The molecule has 7 nitrogen and oxygen atoms in total. The van der Waals surface area contributed by atoms with Gasteiger partial charge < -0.3 is 14.4 Å². The second-order valence-corrected chi connectivity index (χ2v) is 4.70. The molecule has 0 fully saturated rings. The number of likely N-dealkylation sites (N-methyl/N-ethyl adjacent to an activating group) is 1. The zero-order valence-corrected chi connectivity index (χ0v) is 11.8. The number of nitrogens with zero attached hydrogens (tertiary/aromatic N) is 4. The fourth-order valence-electron chi connectivity index (χ4n) is 1.82. The van der Waals surface area contributed by atoms with Gasteiger partial charge in [0.1, 0.15) is 5.69 Å².